The molecule has 4 heteroatoms. The fraction of sp³-hybridized carbons (Fsp3) is 0.385. The number of nitrogens with one attached hydrogen (secondary N) is 1. The second-order valence-electron chi connectivity index (χ2n) is 4.58. The third-order valence-corrected chi connectivity index (χ3v) is 3.54. The van der Waals surface area contributed by atoms with E-state index in [4.69, 9.17) is 11.6 Å². The van der Waals surface area contributed by atoms with Crippen LogP contribution in [0.5, 0.6) is 0 Å². The predicted molar refractivity (Wildman–Crippen MR) is 69.5 cm³/mol. The van der Waals surface area contributed by atoms with E-state index in [0.29, 0.717) is 11.1 Å². The summed E-state index contributed by atoms with van der Waals surface area (Å²) in [6.07, 6.45) is 1.09. The molecule has 17 heavy (non-hydrogen) atoms. The lowest BCUT2D eigenvalue weighted by atomic mass is 10.1. The van der Waals surface area contributed by atoms with E-state index in [9.17, 15) is 0 Å². The Balaban J connectivity index is 2.13. The molecule has 3 rings (SSSR count). The first-order valence-electron chi connectivity index (χ1n) is 5.88. The Labute approximate surface area is 105 Å². The van der Waals surface area contributed by atoms with Gasteiger partial charge in [-0.1, -0.05) is 23.2 Å². The maximum absolute atomic E-state index is 6.24. The first-order valence-corrected chi connectivity index (χ1v) is 6.26. The maximum Gasteiger partial charge on any atom is 0.140 e. The SMILES string of the molecule is Cc1ccc2nc(C3CCNC3)nc(Cl)c2c1. The standard InChI is InChI=1S/C13H14ClN3/c1-8-2-3-11-10(6-8)12(14)17-13(16-11)9-4-5-15-7-9/h2-3,6,9,15H,4-5,7H2,1H3. The summed E-state index contributed by atoms with van der Waals surface area (Å²) in [5, 5.41) is 4.84. The van der Waals surface area contributed by atoms with Crippen LogP contribution < -0.4 is 5.32 Å². The fourth-order valence-electron chi connectivity index (χ4n) is 2.28. The molecular formula is C13H14ClN3. The number of halogens is 1. The largest absolute Gasteiger partial charge is 0.316 e. The highest BCUT2D eigenvalue weighted by atomic mass is 35.5. The maximum atomic E-state index is 6.24. The van der Waals surface area contributed by atoms with Crippen LogP contribution in [-0.4, -0.2) is 23.1 Å². The van der Waals surface area contributed by atoms with Gasteiger partial charge in [-0.3, -0.25) is 0 Å². The molecule has 1 atom stereocenters. The smallest absolute Gasteiger partial charge is 0.140 e. The van der Waals surface area contributed by atoms with Crippen LogP contribution in [0.3, 0.4) is 0 Å². The van der Waals surface area contributed by atoms with Gasteiger partial charge in [-0.05, 0) is 32.0 Å². The topological polar surface area (TPSA) is 37.8 Å². The van der Waals surface area contributed by atoms with Crippen LogP contribution in [0.15, 0.2) is 18.2 Å². The highest BCUT2D eigenvalue weighted by molar-refractivity contribution is 6.34. The van der Waals surface area contributed by atoms with Gasteiger partial charge in [0.15, 0.2) is 0 Å². The first-order chi connectivity index (χ1) is 8.24. The Morgan fingerprint density at radius 1 is 1.35 bits per heavy atom. The molecule has 1 N–H and O–H groups in total. The van der Waals surface area contributed by atoms with Gasteiger partial charge in [-0.25, -0.2) is 9.97 Å². The normalized spacial score (nSPS) is 20.0. The summed E-state index contributed by atoms with van der Waals surface area (Å²) in [5.41, 5.74) is 2.12. The van der Waals surface area contributed by atoms with E-state index in [1.54, 1.807) is 0 Å². The zero-order valence-electron chi connectivity index (χ0n) is 9.70. The van der Waals surface area contributed by atoms with Crippen LogP contribution in [-0.2, 0) is 0 Å². The van der Waals surface area contributed by atoms with Gasteiger partial charge in [-0.2, -0.15) is 0 Å². The molecule has 0 aliphatic carbocycles. The Morgan fingerprint density at radius 3 is 3.00 bits per heavy atom. The number of hydrogen-bond donors (Lipinski definition) is 1. The van der Waals surface area contributed by atoms with Gasteiger partial charge in [0.1, 0.15) is 11.0 Å². The molecule has 1 aliphatic rings. The van der Waals surface area contributed by atoms with Crippen molar-refractivity contribution in [2.24, 2.45) is 0 Å². The number of fused-ring (bicyclic) bond motifs is 1. The number of benzene rings is 1. The number of rotatable bonds is 1. The zero-order valence-corrected chi connectivity index (χ0v) is 10.5. The Morgan fingerprint density at radius 2 is 2.24 bits per heavy atom. The molecule has 3 nitrogen and oxygen atoms in total. The van der Waals surface area contributed by atoms with Crippen LogP contribution >= 0.6 is 11.6 Å². The molecule has 1 aliphatic heterocycles. The molecular weight excluding hydrogens is 234 g/mol. The van der Waals surface area contributed by atoms with Crippen molar-refractivity contribution in [2.75, 3.05) is 13.1 Å². The van der Waals surface area contributed by atoms with Gasteiger partial charge in [0, 0.05) is 17.8 Å². The fourth-order valence-corrected chi connectivity index (χ4v) is 2.52. The highest BCUT2D eigenvalue weighted by Gasteiger charge is 2.20. The van der Waals surface area contributed by atoms with Crippen molar-refractivity contribution in [3.05, 3.63) is 34.7 Å². The lowest BCUT2D eigenvalue weighted by molar-refractivity contribution is 0.707. The second kappa shape index (κ2) is 4.24. The third kappa shape index (κ3) is 2.01. The molecule has 0 amide bonds. The molecule has 2 aromatic rings. The molecule has 0 radical (unpaired) electrons. The minimum Gasteiger partial charge on any atom is -0.316 e. The van der Waals surface area contributed by atoms with Crippen LogP contribution in [0.25, 0.3) is 10.9 Å². The van der Waals surface area contributed by atoms with Crippen LogP contribution in [0, 0.1) is 6.92 Å². The molecule has 0 spiro atoms. The van der Waals surface area contributed by atoms with Crippen molar-refractivity contribution in [1.82, 2.24) is 15.3 Å². The second-order valence-corrected chi connectivity index (χ2v) is 4.94. The summed E-state index contributed by atoms with van der Waals surface area (Å²) < 4.78 is 0. The van der Waals surface area contributed by atoms with E-state index in [-0.39, 0.29) is 0 Å². The van der Waals surface area contributed by atoms with Gasteiger partial charge in [0.2, 0.25) is 0 Å². The molecule has 1 fully saturated rings. The predicted octanol–water partition coefficient (Wildman–Crippen LogP) is 2.67. The Kier molecular flexibility index (Phi) is 2.73. The summed E-state index contributed by atoms with van der Waals surface area (Å²) in [6, 6.07) is 6.11. The van der Waals surface area contributed by atoms with Crippen LogP contribution in [0.2, 0.25) is 5.15 Å². The van der Waals surface area contributed by atoms with Crippen LogP contribution in [0.4, 0.5) is 0 Å². The minimum atomic E-state index is 0.401. The molecule has 1 unspecified atom stereocenters. The van der Waals surface area contributed by atoms with E-state index >= 15 is 0 Å². The van der Waals surface area contributed by atoms with Gasteiger partial charge in [-0.15, -0.1) is 0 Å². The number of aromatic nitrogens is 2. The Bertz CT molecular complexity index is 562. The van der Waals surface area contributed by atoms with E-state index in [2.05, 4.69) is 21.4 Å². The summed E-state index contributed by atoms with van der Waals surface area (Å²) in [6.45, 7) is 4.04. The minimum absolute atomic E-state index is 0.401. The first kappa shape index (κ1) is 10.9. The number of hydrogen-bond acceptors (Lipinski definition) is 3. The van der Waals surface area contributed by atoms with Gasteiger partial charge >= 0.3 is 0 Å². The van der Waals surface area contributed by atoms with Crippen molar-refractivity contribution < 1.29 is 0 Å². The van der Waals surface area contributed by atoms with E-state index < -0.39 is 0 Å². The average molecular weight is 248 g/mol. The summed E-state index contributed by atoms with van der Waals surface area (Å²) in [4.78, 5) is 9.06. The van der Waals surface area contributed by atoms with Crippen molar-refractivity contribution in [3.8, 4) is 0 Å². The molecule has 1 saturated heterocycles. The van der Waals surface area contributed by atoms with Crippen LogP contribution in [0.1, 0.15) is 23.7 Å². The molecule has 2 heterocycles. The third-order valence-electron chi connectivity index (χ3n) is 3.25. The lowest BCUT2D eigenvalue weighted by Gasteiger charge is -2.09. The summed E-state index contributed by atoms with van der Waals surface area (Å²) in [7, 11) is 0. The van der Waals surface area contributed by atoms with Crippen molar-refractivity contribution in [3.63, 3.8) is 0 Å². The van der Waals surface area contributed by atoms with Crippen molar-refractivity contribution >= 4 is 22.5 Å². The molecule has 0 saturated carbocycles. The van der Waals surface area contributed by atoms with E-state index in [1.165, 1.54) is 5.56 Å². The van der Waals surface area contributed by atoms with Gasteiger partial charge in [0.05, 0.1) is 5.52 Å². The number of nitrogens with zero attached hydrogens (tertiary/aromatic N) is 2. The summed E-state index contributed by atoms with van der Waals surface area (Å²) in [5.74, 6) is 1.27. The summed E-state index contributed by atoms with van der Waals surface area (Å²) >= 11 is 6.24. The lowest BCUT2D eigenvalue weighted by Crippen LogP contribution is -2.10. The zero-order chi connectivity index (χ0) is 11.8. The molecule has 88 valence electrons. The average Bonchev–Trinajstić information content (AvgIpc) is 2.83. The Hall–Kier alpha value is -1.19. The quantitative estimate of drug-likeness (QED) is 0.788. The molecule has 0 bridgehead atoms. The number of aryl methyl sites for hydroxylation is 1. The van der Waals surface area contributed by atoms with E-state index in [0.717, 1.165) is 36.2 Å². The molecule has 1 aromatic heterocycles. The highest BCUT2D eigenvalue weighted by Crippen LogP contribution is 2.26. The van der Waals surface area contributed by atoms with Gasteiger partial charge < -0.3 is 5.32 Å². The van der Waals surface area contributed by atoms with Gasteiger partial charge in [0.25, 0.3) is 0 Å². The molecule has 1 aromatic carbocycles. The van der Waals surface area contributed by atoms with Crippen molar-refractivity contribution in [2.45, 2.75) is 19.3 Å². The monoisotopic (exact) mass is 247 g/mol. The van der Waals surface area contributed by atoms with E-state index in [1.807, 2.05) is 19.1 Å². The van der Waals surface area contributed by atoms with Crippen molar-refractivity contribution in [1.29, 1.82) is 0 Å².